The van der Waals surface area contributed by atoms with Gasteiger partial charge in [0.2, 0.25) is 5.91 Å². The standard InChI is InChI=1S/C22H28N2O3S/c1-17-6-4-5-7-21(17)28-16-22(25)24-12-10-23(11-13-24)15-18-14-19(26-2)8-9-20(18)27-3/h4-9,14H,10-13,15-16H2,1-3H3. The molecular weight excluding hydrogens is 372 g/mol. The lowest BCUT2D eigenvalue weighted by Crippen LogP contribution is -2.48. The molecule has 0 N–H and O–H groups in total. The van der Waals surface area contributed by atoms with Crippen LogP contribution in [0.5, 0.6) is 11.5 Å². The summed E-state index contributed by atoms with van der Waals surface area (Å²) in [7, 11) is 3.36. The van der Waals surface area contributed by atoms with Gasteiger partial charge in [-0.1, -0.05) is 18.2 Å². The van der Waals surface area contributed by atoms with Crippen molar-refractivity contribution in [3.05, 3.63) is 53.6 Å². The molecule has 1 aliphatic rings. The van der Waals surface area contributed by atoms with E-state index in [1.165, 1.54) is 10.5 Å². The lowest BCUT2D eigenvalue weighted by molar-refractivity contribution is -0.130. The van der Waals surface area contributed by atoms with Crippen LogP contribution >= 0.6 is 11.8 Å². The van der Waals surface area contributed by atoms with Gasteiger partial charge in [0.05, 0.1) is 20.0 Å². The fourth-order valence-corrected chi connectivity index (χ4v) is 4.28. The number of benzene rings is 2. The number of methoxy groups -OCH3 is 2. The zero-order valence-corrected chi connectivity index (χ0v) is 17.6. The van der Waals surface area contributed by atoms with E-state index in [0.29, 0.717) is 5.75 Å². The second-order valence-corrected chi connectivity index (χ2v) is 7.91. The first-order valence-corrected chi connectivity index (χ1v) is 10.5. The first-order chi connectivity index (χ1) is 13.6. The lowest BCUT2D eigenvalue weighted by atomic mass is 10.1. The molecule has 0 aromatic heterocycles. The summed E-state index contributed by atoms with van der Waals surface area (Å²) in [4.78, 5) is 18.1. The largest absolute Gasteiger partial charge is 0.497 e. The first-order valence-electron chi connectivity index (χ1n) is 9.50. The van der Waals surface area contributed by atoms with E-state index in [4.69, 9.17) is 9.47 Å². The highest BCUT2D eigenvalue weighted by Gasteiger charge is 2.22. The highest BCUT2D eigenvalue weighted by molar-refractivity contribution is 8.00. The van der Waals surface area contributed by atoms with Crippen molar-refractivity contribution in [2.24, 2.45) is 0 Å². The molecule has 0 atom stereocenters. The molecule has 0 spiro atoms. The second-order valence-electron chi connectivity index (χ2n) is 6.89. The molecule has 28 heavy (non-hydrogen) atoms. The van der Waals surface area contributed by atoms with Crippen molar-refractivity contribution in [3.63, 3.8) is 0 Å². The van der Waals surface area contributed by atoms with Crippen LogP contribution in [0.2, 0.25) is 0 Å². The number of rotatable bonds is 7. The third-order valence-corrected chi connectivity index (χ3v) is 6.21. The Morgan fingerprint density at radius 3 is 2.46 bits per heavy atom. The maximum absolute atomic E-state index is 12.6. The summed E-state index contributed by atoms with van der Waals surface area (Å²) in [6, 6.07) is 14.1. The highest BCUT2D eigenvalue weighted by Crippen LogP contribution is 2.26. The third kappa shape index (κ3) is 5.20. The van der Waals surface area contributed by atoms with E-state index in [0.717, 1.165) is 49.8 Å². The lowest BCUT2D eigenvalue weighted by Gasteiger charge is -2.35. The Balaban J connectivity index is 1.50. The number of ether oxygens (including phenoxy) is 2. The average Bonchev–Trinajstić information content (AvgIpc) is 2.73. The van der Waals surface area contributed by atoms with E-state index in [2.05, 4.69) is 24.0 Å². The molecule has 2 aromatic carbocycles. The SMILES string of the molecule is COc1ccc(OC)c(CN2CCN(C(=O)CSc3ccccc3C)CC2)c1. The van der Waals surface area contributed by atoms with E-state index in [1.54, 1.807) is 26.0 Å². The Morgan fingerprint density at radius 2 is 1.79 bits per heavy atom. The Hall–Kier alpha value is -2.18. The molecule has 0 bridgehead atoms. The Morgan fingerprint density at radius 1 is 1.04 bits per heavy atom. The summed E-state index contributed by atoms with van der Waals surface area (Å²) in [5, 5.41) is 0. The van der Waals surface area contributed by atoms with Gasteiger partial charge in [0.25, 0.3) is 0 Å². The van der Waals surface area contributed by atoms with E-state index in [-0.39, 0.29) is 5.91 Å². The molecule has 1 saturated heterocycles. The highest BCUT2D eigenvalue weighted by atomic mass is 32.2. The van der Waals surface area contributed by atoms with Crippen molar-refractivity contribution >= 4 is 17.7 Å². The fraction of sp³-hybridized carbons (Fsp3) is 0.409. The molecule has 2 aromatic rings. The molecule has 0 radical (unpaired) electrons. The molecule has 0 aliphatic carbocycles. The van der Waals surface area contributed by atoms with Crippen molar-refractivity contribution in [2.75, 3.05) is 46.2 Å². The first kappa shape index (κ1) is 20.6. The van der Waals surface area contributed by atoms with Crippen LogP contribution < -0.4 is 9.47 Å². The smallest absolute Gasteiger partial charge is 0.233 e. The summed E-state index contributed by atoms with van der Waals surface area (Å²) < 4.78 is 10.8. The zero-order valence-electron chi connectivity index (χ0n) is 16.8. The van der Waals surface area contributed by atoms with Crippen LogP contribution in [-0.2, 0) is 11.3 Å². The number of hydrogen-bond acceptors (Lipinski definition) is 5. The summed E-state index contributed by atoms with van der Waals surface area (Å²) in [5.74, 6) is 2.41. The summed E-state index contributed by atoms with van der Waals surface area (Å²) >= 11 is 1.63. The van der Waals surface area contributed by atoms with E-state index < -0.39 is 0 Å². The zero-order chi connectivity index (χ0) is 19.9. The van der Waals surface area contributed by atoms with Gasteiger partial charge >= 0.3 is 0 Å². The van der Waals surface area contributed by atoms with Crippen LogP contribution in [0.25, 0.3) is 0 Å². The summed E-state index contributed by atoms with van der Waals surface area (Å²) in [6.07, 6.45) is 0. The molecule has 1 amide bonds. The van der Waals surface area contributed by atoms with Crippen LogP contribution in [-0.4, -0.2) is 61.9 Å². The van der Waals surface area contributed by atoms with Gasteiger partial charge in [-0.15, -0.1) is 11.8 Å². The number of carbonyl (C=O) groups excluding carboxylic acids is 1. The van der Waals surface area contributed by atoms with Gasteiger partial charge in [-0.2, -0.15) is 0 Å². The molecule has 1 aliphatic heterocycles. The van der Waals surface area contributed by atoms with Gasteiger partial charge in [0.15, 0.2) is 0 Å². The van der Waals surface area contributed by atoms with Gasteiger partial charge < -0.3 is 14.4 Å². The van der Waals surface area contributed by atoms with E-state index in [1.807, 2.05) is 35.2 Å². The minimum atomic E-state index is 0.215. The van der Waals surface area contributed by atoms with Gasteiger partial charge in [0.1, 0.15) is 11.5 Å². The van der Waals surface area contributed by atoms with Crippen LogP contribution in [0.1, 0.15) is 11.1 Å². The molecule has 0 unspecified atom stereocenters. The topological polar surface area (TPSA) is 42.0 Å². The van der Waals surface area contributed by atoms with Crippen molar-refractivity contribution in [3.8, 4) is 11.5 Å². The maximum atomic E-state index is 12.6. The quantitative estimate of drug-likeness (QED) is 0.666. The van der Waals surface area contributed by atoms with Crippen molar-refractivity contribution < 1.29 is 14.3 Å². The van der Waals surface area contributed by atoms with Crippen LogP contribution in [0.4, 0.5) is 0 Å². The molecule has 1 fully saturated rings. The van der Waals surface area contributed by atoms with Gasteiger partial charge in [-0.3, -0.25) is 9.69 Å². The minimum Gasteiger partial charge on any atom is -0.497 e. The number of aryl methyl sites for hydroxylation is 1. The molecule has 1 heterocycles. The predicted octanol–water partition coefficient (Wildman–Crippen LogP) is 3.45. The predicted molar refractivity (Wildman–Crippen MR) is 113 cm³/mol. The molecule has 3 rings (SSSR count). The Kier molecular flexibility index (Phi) is 7.23. The number of hydrogen-bond donors (Lipinski definition) is 0. The molecule has 5 nitrogen and oxygen atoms in total. The van der Waals surface area contributed by atoms with Crippen molar-refractivity contribution in [2.45, 2.75) is 18.4 Å². The Bertz CT molecular complexity index is 804. The number of carbonyl (C=O) groups is 1. The third-order valence-electron chi connectivity index (χ3n) is 5.05. The Labute approximate surface area is 171 Å². The average molecular weight is 401 g/mol. The monoisotopic (exact) mass is 400 g/mol. The van der Waals surface area contributed by atoms with Gasteiger partial charge in [-0.25, -0.2) is 0 Å². The minimum absolute atomic E-state index is 0.215. The number of piperazine rings is 1. The molecule has 6 heteroatoms. The van der Waals surface area contributed by atoms with Crippen molar-refractivity contribution in [1.82, 2.24) is 9.80 Å². The number of amides is 1. The van der Waals surface area contributed by atoms with Crippen LogP contribution in [0, 0.1) is 6.92 Å². The molecule has 150 valence electrons. The molecule has 0 saturated carbocycles. The van der Waals surface area contributed by atoms with Gasteiger partial charge in [0, 0.05) is 43.2 Å². The summed E-state index contributed by atoms with van der Waals surface area (Å²) in [5.41, 5.74) is 2.33. The maximum Gasteiger partial charge on any atom is 0.233 e. The molecular formula is C22H28N2O3S. The van der Waals surface area contributed by atoms with Gasteiger partial charge in [-0.05, 0) is 36.8 Å². The normalized spacial score (nSPS) is 14.8. The summed E-state index contributed by atoms with van der Waals surface area (Å²) in [6.45, 7) is 6.12. The van der Waals surface area contributed by atoms with Crippen molar-refractivity contribution in [1.29, 1.82) is 0 Å². The van der Waals surface area contributed by atoms with E-state index >= 15 is 0 Å². The van der Waals surface area contributed by atoms with Crippen LogP contribution in [0.3, 0.4) is 0 Å². The number of thioether (sulfide) groups is 1. The number of nitrogens with zero attached hydrogens (tertiary/aromatic N) is 2. The van der Waals surface area contributed by atoms with E-state index in [9.17, 15) is 4.79 Å². The van der Waals surface area contributed by atoms with Crippen LogP contribution in [0.15, 0.2) is 47.4 Å². The second kappa shape index (κ2) is 9.85. The fourth-order valence-electron chi connectivity index (χ4n) is 3.35.